The first-order valence-electron chi connectivity index (χ1n) is 10.6. The molecule has 0 saturated carbocycles. The van der Waals surface area contributed by atoms with Crippen molar-refractivity contribution in [3.8, 4) is 5.75 Å². The fourth-order valence-corrected chi connectivity index (χ4v) is 4.72. The molecule has 4 rings (SSSR count). The predicted molar refractivity (Wildman–Crippen MR) is 120 cm³/mol. The molecule has 0 radical (unpaired) electrons. The van der Waals surface area contributed by atoms with Crippen LogP contribution in [0.4, 0.5) is 13.2 Å². The van der Waals surface area contributed by atoms with Crippen molar-refractivity contribution in [3.05, 3.63) is 70.4 Å². The smallest absolute Gasteiger partial charge is 0.328 e. The van der Waals surface area contributed by atoms with Crippen molar-refractivity contribution >= 4 is 22.9 Å². The standard InChI is InChI=1S/C25H25F3N2O3/c1-13-9-15-21-18(5-4-6-19(21)31)29-23(15)24(30(13)12-25(2,3)28)22-16(26)10-14(11-17(22)27)7-8-20(32)33/h4-8,10-11,13,24,29,31H,9,12H2,1-3H3,(H,32,33)/b8-7+. The number of phenols is 1. The maximum absolute atomic E-state index is 15.4. The van der Waals surface area contributed by atoms with Gasteiger partial charge in [-0.2, -0.15) is 0 Å². The number of rotatable bonds is 5. The Bertz CT molecular complexity index is 1240. The average molecular weight is 458 g/mol. The molecule has 174 valence electrons. The molecule has 0 aliphatic carbocycles. The first-order chi connectivity index (χ1) is 15.5. The van der Waals surface area contributed by atoms with E-state index in [0.717, 1.165) is 29.8 Å². The summed E-state index contributed by atoms with van der Waals surface area (Å²) < 4.78 is 45.5. The fraction of sp³-hybridized carbons (Fsp3) is 0.320. The summed E-state index contributed by atoms with van der Waals surface area (Å²) in [5.74, 6) is -2.91. The van der Waals surface area contributed by atoms with Crippen LogP contribution in [0.5, 0.6) is 5.75 Å². The van der Waals surface area contributed by atoms with E-state index in [2.05, 4.69) is 4.98 Å². The summed E-state index contributed by atoms with van der Waals surface area (Å²) in [6, 6.07) is 5.88. The highest BCUT2D eigenvalue weighted by Crippen LogP contribution is 2.45. The van der Waals surface area contributed by atoms with E-state index in [9.17, 15) is 14.3 Å². The van der Waals surface area contributed by atoms with Gasteiger partial charge < -0.3 is 15.2 Å². The number of aromatic amines is 1. The number of aromatic hydroxyl groups is 1. The second-order valence-corrected chi connectivity index (χ2v) is 9.13. The van der Waals surface area contributed by atoms with Crippen LogP contribution in [0.1, 0.15) is 49.2 Å². The van der Waals surface area contributed by atoms with Gasteiger partial charge in [-0.05, 0) is 68.7 Å². The Balaban J connectivity index is 1.94. The number of alkyl halides is 1. The van der Waals surface area contributed by atoms with E-state index in [1.54, 1.807) is 23.1 Å². The summed E-state index contributed by atoms with van der Waals surface area (Å²) >= 11 is 0. The molecule has 1 aromatic heterocycles. The fourth-order valence-electron chi connectivity index (χ4n) is 4.72. The molecule has 0 bridgehead atoms. The minimum absolute atomic E-state index is 0.0605. The number of carboxylic acid groups (broad SMARTS) is 1. The van der Waals surface area contributed by atoms with Crippen molar-refractivity contribution in [2.45, 2.75) is 44.9 Å². The number of aromatic nitrogens is 1. The second-order valence-electron chi connectivity index (χ2n) is 9.13. The molecular weight excluding hydrogens is 433 g/mol. The Labute approximate surface area is 189 Å². The first-order valence-corrected chi connectivity index (χ1v) is 10.6. The zero-order chi connectivity index (χ0) is 24.1. The molecule has 0 spiro atoms. The van der Waals surface area contributed by atoms with Crippen LogP contribution in [0.3, 0.4) is 0 Å². The Morgan fingerprint density at radius 1 is 1.27 bits per heavy atom. The third-order valence-corrected chi connectivity index (χ3v) is 5.96. The van der Waals surface area contributed by atoms with Gasteiger partial charge in [0.1, 0.15) is 23.1 Å². The molecule has 2 unspecified atom stereocenters. The number of nitrogens with one attached hydrogen (secondary N) is 1. The van der Waals surface area contributed by atoms with Gasteiger partial charge in [-0.25, -0.2) is 18.0 Å². The van der Waals surface area contributed by atoms with Crippen LogP contribution in [-0.2, 0) is 11.2 Å². The van der Waals surface area contributed by atoms with Gasteiger partial charge in [-0.3, -0.25) is 4.90 Å². The lowest BCUT2D eigenvalue weighted by Gasteiger charge is -2.43. The van der Waals surface area contributed by atoms with Gasteiger partial charge in [-0.1, -0.05) is 6.07 Å². The Kier molecular flexibility index (Phi) is 5.74. The quantitative estimate of drug-likeness (QED) is 0.452. The van der Waals surface area contributed by atoms with Gasteiger partial charge >= 0.3 is 5.97 Å². The lowest BCUT2D eigenvalue weighted by molar-refractivity contribution is -0.131. The van der Waals surface area contributed by atoms with Crippen molar-refractivity contribution in [2.24, 2.45) is 0 Å². The predicted octanol–water partition coefficient (Wildman–Crippen LogP) is 5.33. The Morgan fingerprint density at radius 3 is 2.55 bits per heavy atom. The third kappa shape index (κ3) is 4.35. The maximum Gasteiger partial charge on any atom is 0.328 e. The normalized spacial score (nSPS) is 19.3. The number of halogens is 3. The second kappa shape index (κ2) is 8.26. The number of phenolic OH excluding ortho intramolecular Hbond substituents is 1. The van der Waals surface area contributed by atoms with Gasteiger partial charge in [0.05, 0.1) is 6.04 Å². The van der Waals surface area contributed by atoms with Crippen LogP contribution in [0, 0.1) is 11.6 Å². The van der Waals surface area contributed by atoms with Crippen LogP contribution < -0.4 is 0 Å². The van der Waals surface area contributed by atoms with E-state index in [1.165, 1.54) is 13.8 Å². The largest absolute Gasteiger partial charge is 0.507 e. The number of aliphatic carboxylic acids is 1. The molecule has 0 saturated heterocycles. The number of hydrogen-bond acceptors (Lipinski definition) is 3. The molecule has 8 heteroatoms. The molecule has 2 aromatic carbocycles. The van der Waals surface area contributed by atoms with Crippen LogP contribution in [0.2, 0.25) is 0 Å². The van der Waals surface area contributed by atoms with Gasteiger partial charge in [0.15, 0.2) is 0 Å². The number of nitrogens with zero attached hydrogens (tertiary/aromatic N) is 1. The molecule has 0 fully saturated rings. The van der Waals surface area contributed by atoms with Gasteiger partial charge in [0.25, 0.3) is 0 Å². The number of hydrogen-bond donors (Lipinski definition) is 3. The zero-order valence-electron chi connectivity index (χ0n) is 18.5. The number of benzene rings is 2. The van der Waals surface area contributed by atoms with Crippen molar-refractivity contribution in [1.29, 1.82) is 0 Å². The zero-order valence-corrected chi connectivity index (χ0v) is 18.5. The SMILES string of the molecule is CC1Cc2c([nH]c3cccc(O)c23)C(c2c(F)cc(/C=C/C(=O)O)cc2F)N1CC(C)(C)F. The summed E-state index contributed by atoms with van der Waals surface area (Å²) in [5.41, 5.74) is 0.0374. The summed E-state index contributed by atoms with van der Waals surface area (Å²) in [6.45, 7) is 4.62. The Hall–Kier alpha value is -3.26. The van der Waals surface area contributed by atoms with E-state index in [4.69, 9.17) is 5.11 Å². The van der Waals surface area contributed by atoms with E-state index in [-0.39, 0.29) is 29.5 Å². The van der Waals surface area contributed by atoms with Crippen molar-refractivity contribution in [2.75, 3.05) is 6.54 Å². The van der Waals surface area contributed by atoms with E-state index in [1.807, 2.05) is 6.92 Å². The minimum Gasteiger partial charge on any atom is -0.507 e. The number of H-pyrrole nitrogens is 1. The van der Waals surface area contributed by atoms with Crippen LogP contribution in [0.15, 0.2) is 36.4 Å². The highest BCUT2D eigenvalue weighted by Gasteiger charge is 2.41. The summed E-state index contributed by atoms with van der Waals surface area (Å²) in [6.07, 6.45) is 2.37. The molecular formula is C25H25F3N2O3. The van der Waals surface area contributed by atoms with Crippen LogP contribution in [0.25, 0.3) is 17.0 Å². The highest BCUT2D eigenvalue weighted by atomic mass is 19.1. The average Bonchev–Trinajstić information content (AvgIpc) is 3.06. The molecule has 2 heterocycles. The molecule has 3 N–H and O–H groups in total. The molecule has 1 aliphatic heterocycles. The first kappa shape index (κ1) is 22.9. The van der Waals surface area contributed by atoms with Gasteiger partial charge in [-0.15, -0.1) is 0 Å². The molecule has 5 nitrogen and oxygen atoms in total. The van der Waals surface area contributed by atoms with Crippen LogP contribution in [-0.4, -0.2) is 44.3 Å². The van der Waals surface area contributed by atoms with Crippen LogP contribution >= 0.6 is 0 Å². The van der Waals surface area contributed by atoms with Crippen molar-refractivity contribution < 1.29 is 28.2 Å². The summed E-state index contributed by atoms with van der Waals surface area (Å²) in [5, 5.41) is 19.9. The van der Waals surface area contributed by atoms with Crippen molar-refractivity contribution in [3.63, 3.8) is 0 Å². The Morgan fingerprint density at radius 2 is 1.94 bits per heavy atom. The maximum atomic E-state index is 15.4. The van der Waals surface area contributed by atoms with Gasteiger partial charge in [0, 0.05) is 40.8 Å². The molecule has 33 heavy (non-hydrogen) atoms. The number of carboxylic acids is 1. The number of carbonyl (C=O) groups is 1. The lowest BCUT2D eigenvalue weighted by Crippen LogP contribution is -2.48. The lowest BCUT2D eigenvalue weighted by atomic mass is 9.86. The molecule has 3 aromatic rings. The summed E-state index contributed by atoms with van der Waals surface area (Å²) in [4.78, 5) is 15.7. The molecule has 0 amide bonds. The monoisotopic (exact) mass is 458 g/mol. The number of fused-ring (bicyclic) bond motifs is 3. The summed E-state index contributed by atoms with van der Waals surface area (Å²) in [7, 11) is 0. The van der Waals surface area contributed by atoms with E-state index >= 15 is 8.78 Å². The van der Waals surface area contributed by atoms with E-state index in [0.29, 0.717) is 23.0 Å². The minimum atomic E-state index is -1.63. The third-order valence-electron chi connectivity index (χ3n) is 5.96. The van der Waals surface area contributed by atoms with Crippen molar-refractivity contribution in [1.82, 2.24) is 9.88 Å². The van der Waals surface area contributed by atoms with E-state index < -0.39 is 29.3 Å². The molecule has 1 aliphatic rings. The molecule has 2 atom stereocenters. The topological polar surface area (TPSA) is 76.6 Å². The van der Waals surface area contributed by atoms with Gasteiger partial charge in [0.2, 0.25) is 0 Å². The highest BCUT2D eigenvalue weighted by molar-refractivity contribution is 5.91.